The molecular formula is C21H18F2N4O3S. The highest BCUT2D eigenvalue weighted by Crippen LogP contribution is 2.27. The van der Waals surface area contributed by atoms with Gasteiger partial charge in [0.1, 0.15) is 22.2 Å². The Kier molecular flexibility index (Phi) is 5.26. The quantitative estimate of drug-likeness (QED) is 0.441. The molecule has 7 nitrogen and oxygen atoms in total. The van der Waals surface area contributed by atoms with E-state index >= 15 is 0 Å². The minimum atomic E-state index is -0.734. The Balaban J connectivity index is 1.76. The normalized spacial score (nSPS) is 11.9. The van der Waals surface area contributed by atoms with Crippen LogP contribution in [0, 0.1) is 17.0 Å². The molecular weight excluding hydrogens is 426 g/mol. The van der Waals surface area contributed by atoms with Gasteiger partial charge in [-0.3, -0.25) is 14.6 Å². The van der Waals surface area contributed by atoms with Crippen LogP contribution in [0.25, 0.3) is 21.1 Å². The number of esters is 1. The lowest BCUT2D eigenvalue weighted by Gasteiger charge is -2.16. The number of carbonyl (C=O) groups is 1. The zero-order chi connectivity index (χ0) is 22.3. The average Bonchev–Trinajstić information content (AvgIpc) is 3.06. The van der Waals surface area contributed by atoms with Crippen molar-refractivity contribution in [3.05, 3.63) is 57.5 Å². The number of pyridine rings is 1. The highest BCUT2D eigenvalue weighted by molar-refractivity contribution is 7.18. The predicted molar refractivity (Wildman–Crippen MR) is 112 cm³/mol. The van der Waals surface area contributed by atoms with Gasteiger partial charge in [-0.05, 0) is 17.5 Å². The fourth-order valence-electron chi connectivity index (χ4n) is 3.04. The number of thiazole rings is 1. The Bertz CT molecular complexity index is 1380. The van der Waals surface area contributed by atoms with E-state index in [0.29, 0.717) is 5.01 Å². The first-order chi connectivity index (χ1) is 14.6. The molecule has 0 aliphatic heterocycles. The van der Waals surface area contributed by atoms with Crippen LogP contribution in [0.15, 0.2) is 35.3 Å². The number of fused-ring (bicyclic) bond motifs is 2. The van der Waals surface area contributed by atoms with Crippen molar-refractivity contribution in [2.24, 2.45) is 5.41 Å². The topological polar surface area (TPSA) is 87.0 Å². The molecule has 0 atom stereocenters. The monoisotopic (exact) mass is 444 g/mol. The summed E-state index contributed by atoms with van der Waals surface area (Å²) in [7, 11) is 0. The van der Waals surface area contributed by atoms with Gasteiger partial charge in [-0.2, -0.15) is 0 Å². The fraction of sp³-hybridized carbons (Fsp3) is 0.286. The Morgan fingerprint density at radius 3 is 2.77 bits per heavy atom. The highest BCUT2D eigenvalue weighted by Gasteiger charge is 2.21. The summed E-state index contributed by atoms with van der Waals surface area (Å²) >= 11 is 0.993. The lowest BCUT2D eigenvalue weighted by atomic mass is 9.92. The van der Waals surface area contributed by atoms with Crippen molar-refractivity contribution in [2.45, 2.75) is 33.7 Å². The lowest BCUT2D eigenvalue weighted by Crippen LogP contribution is -2.26. The van der Waals surface area contributed by atoms with Gasteiger partial charge in [0.2, 0.25) is 0 Å². The smallest absolute Gasteiger partial charge is 0.313 e. The lowest BCUT2D eigenvalue weighted by molar-refractivity contribution is -0.136. The molecule has 0 fully saturated rings. The number of ether oxygens (including phenoxy) is 1. The summed E-state index contributed by atoms with van der Waals surface area (Å²) in [5.74, 6) is -2.06. The van der Waals surface area contributed by atoms with Crippen LogP contribution in [0.1, 0.15) is 32.2 Å². The van der Waals surface area contributed by atoms with Crippen LogP contribution < -0.4 is 10.3 Å². The molecule has 0 saturated heterocycles. The third-order valence-electron chi connectivity index (χ3n) is 4.31. The van der Waals surface area contributed by atoms with Gasteiger partial charge >= 0.3 is 5.97 Å². The predicted octanol–water partition coefficient (Wildman–Crippen LogP) is 4.07. The van der Waals surface area contributed by atoms with Gasteiger partial charge in [0, 0.05) is 18.3 Å². The van der Waals surface area contributed by atoms with Crippen molar-refractivity contribution in [1.29, 1.82) is 0 Å². The summed E-state index contributed by atoms with van der Waals surface area (Å²) in [6.07, 6.45) is 1.62. The molecule has 0 spiro atoms. The van der Waals surface area contributed by atoms with Gasteiger partial charge in [-0.25, -0.2) is 18.4 Å². The van der Waals surface area contributed by atoms with E-state index in [-0.39, 0.29) is 45.4 Å². The molecule has 0 radical (unpaired) electrons. The van der Waals surface area contributed by atoms with Crippen LogP contribution in [0.2, 0.25) is 0 Å². The molecule has 0 saturated carbocycles. The maximum Gasteiger partial charge on any atom is 0.313 e. The van der Waals surface area contributed by atoms with Crippen molar-refractivity contribution < 1.29 is 18.3 Å². The van der Waals surface area contributed by atoms with Crippen LogP contribution in [0.5, 0.6) is 5.88 Å². The van der Waals surface area contributed by atoms with Crippen molar-refractivity contribution in [2.75, 3.05) is 0 Å². The van der Waals surface area contributed by atoms with Crippen molar-refractivity contribution >= 4 is 38.4 Å². The van der Waals surface area contributed by atoms with Crippen LogP contribution in [0.4, 0.5) is 8.78 Å². The van der Waals surface area contributed by atoms with E-state index in [1.807, 2.05) is 20.8 Å². The third kappa shape index (κ3) is 4.43. The second kappa shape index (κ2) is 7.77. The summed E-state index contributed by atoms with van der Waals surface area (Å²) in [5.41, 5.74) is -0.437. The van der Waals surface area contributed by atoms with Crippen molar-refractivity contribution in [3.63, 3.8) is 0 Å². The van der Waals surface area contributed by atoms with Gasteiger partial charge in [-0.15, -0.1) is 16.4 Å². The largest absolute Gasteiger partial charge is 0.403 e. The zero-order valence-corrected chi connectivity index (χ0v) is 17.8. The summed E-state index contributed by atoms with van der Waals surface area (Å²) in [5, 5.41) is 4.74. The summed E-state index contributed by atoms with van der Waals surface area (Å²) in [6.45, 7) is 5.59. The Labute approximate surface area is 179 Å². The van der Waals surface area contributed by atoms with E-state index in [9.17, 15) is 18.4 Å². The molecule has 0 unspecified atom stereocenters. The molecule has 0 amide bonds. The van der Waals surface area contributed by atoms with E-state index in [4.69, 9.17) is 4.74 Å². The first-order valence-corrected chi connectivity index (χ1v) is 10.2. The summed E-state index contributed by atoms with van der Waals surface area (Å²) in [6, 6.07) is 5.05. The van der Waals surface area contributed by atoms with Gasteiger partial charge < -0.3 is 4.74 Å². The molecule has 4 aromatic rings. The molecule has 0 aliphatic rings. The number of benzene rings is 1. The molecule has 160 valence electrons. The minimum absolute atomic E-state index is 0.0946. The molecule has 31 heavy (non-hydrogen) atoms. The van der Waals surface area contributed by atoms with Crippen molar-refractivity contribution in [1.82, 2.24) is 19.7 Å². The SMILES string of the molecule is CC(C)(C)CC(=O)Oc1nn(Cc2nc3cc(F)cc(F)c3s2)c(=O)c2cccnc12. The number of carbonyl (C=O) groups excluding carboxylic acids is 1. The first-order valence-electron chi connectivity index (χ1n) is 9.42. The second-order valence-electron chi connectivity index (χ2n) is 8.22. The third-order valence-corrected chi connectivity index (χ3v) is 5.37. The molecule has 4 rings (SSSR count). The summed E-state index contributed by atoms with van der Waals surface area (Å²) in [4.78, 5) is 33.6. The molecule has 3 aromatic heterocycles. The molecule has 3 heterocycles. The van der Waals surface area contributed by atoms with Crippen LogP contribution >= 0.6 is 11.3 Å². The van der Waals surface area contributed by atoms with Gasteiger partial charge in [-0.1, -0.05) is 20.8 Å². The van der Waals surface area contributed by atoms with E-state index in [0.717, 1.165) is 28.2 Å². The molecule has 1 aromatic carbocycles. The number of nitrogens with zero attached hydrogens (tertiary/aromatic N) is 4. The Morgan fingerprint density at radius 2 is 2.03 bits per heavy atom. The second-order valence-corrected chi connectivity index (χ2v) is 9.31. The number of hydrogen-bond donors (Lipinski definition) is 0. The van der Waals surface area contributed by atoms with Crippen LogP contribution in [-0.2, 0) is 11.3 Å². The number of aromatic nitrogens is 4. The van der Waals surface area contributed by atoms with Crippen molar-refractivity contribution in [3.8, 4) is 5.88 Å². The molecule has 0 aliphatic carbocycles. The van der Waals surface area contributed by atoms with Gasteiger partial charge in [0.05, 0.1) is 28.6 Å². The van der Waals surface area contributed by atoms with Crippen LogP contribution in [0.3, 0.4) is 0 Å². The van der Waals surface area contributed by atoms with Crippen LogP contribution in [-0.4, -0.2) is 25.7 Å². The maximum absolute atomic E-state index is 14.0. The summed E-state index contributed by atoms with van der Waals surface area (Å²) < 4.78 is 34.2. The standard InChI is InChI=1S/C21H18F2N4O3S/c1-21(2,3)9-16(28)30-19-17-12(5-4-6-24-17)20(29)27(26-19)10-15-25-14-8-11(22)7-13(23)18(14)31-15/h4-8H,9-10H2,1-3H3. The number of rotatable bonds is 4. The Hall–Kier alpha value is -3.27. The Morgan fingerprint density at radius 1 is 1.26 bits per heavy atom. The van der Waals surface area contributed by atoms with E-state index in [2.05, 4.69) is 15.1 Å². The molecule has 10 heteroatoms. The van der Waals surface area contributed by atoms with Gasteiger partial charge in [0.15, 0.2) is 0 Å². The number of hydrogen-bond acceptors (Lipinski definition) is 7. The fourth-order valence-corrected chi connectivity index (χ4v) is 3.98. The van der Waals surface area contributed by atoms with Gasteiger partial charge in [0.25, 0.3) is 11.4 Å². The molecule has 0 bridgehead atoms. The first kappa shape index (κ1) is 21.0. The van der Waals surface area contributed by atoms with E-state index in [1.54, 1.807) is 12.1 Å². The minimum Gasteiger partial charge on any atom is -0.403 e. The number of halogens is 2. The maximum atomic E-state index is 14.0. The zero-order valence-electron chi connectivity index (χ0n) is 17.0. The van der Waals surface area contributed by atoms with E-state index in [1.165, 1.54) is 6.20 Å². The van der Waals surface area contributed by atoms with E-state index < -0.39 is 23.2 Å². The highest BCUT2D eigenvalue weighted by atomic mass is 32.1. The average molecular weight is 444 g/mol. The molecule has 0 N–H and O–H groups in total.